The number of hydrogen-bond donors (Lipinski definition) is 0. The van der Waals surface area contributed by atoms with E-state index in [9.17, 15) is 18.0 Å². The zero-order valence-corrected chi connectivity index (χ0v) is 8.01. The molecule has 0 saturated heterocycles. The van der Waals surface area contributed by atoms with E-state index in [1.165, 1.54) is 12.4 Å². The van der Waals surface area contributed by atoms with E-state index >= 15 is 0 Å². The molecule has 1 heterocycles. The molecule has 0 unspecified atom stereocenters. The van der Waals surface area contributed by atoms with Gasteiger partial charge in [0.1, 0.15) is 5.69 Å². The highest BCUT2D eigenvalue weighted by molar-refractivity contribution is 5.93. The van der Waals surface area contributed by atoms with Gasteiger partial charge in [-0.3, -0.25) is 9.78 Å². The number of Topliss-reactive ketones (excluding diaryl/α,β-unsaturated/α-hetero) is 1. The van der Waals surface area contributed by atoms with Crippen molar-refractivity contribution in [3.8, 4) is 0 Å². The standard InChI is InChI=1S/C9H9F3N2O/c1-6-4-13-5-7(14-6)8(15)2-3-9(10,11)12/h4-5H,2-3H2,1H3. The van der Waals surface area contributed by atoms with Crippen molar-refractivity contribution >= 4 is 5.78 Å². The Morgan fingerprint density at radius 1 is 1.40 bits per heavy atom. The Bertz CT molecular complexity index is 363. The number of nitrogens with zero attached hydrogens (tertiary/aromatic N) is 2. The van der Waals surface area contributed by atoms with E-state index in [2.05, 4.69) is 9.97 Å². The molecule has 3 nitrogen and oxygen atoms in total. The summed E-state index contributed by atoms with van der Waals surface area (Å²) in [4.78, 5) is 18.7. The van der Waals surface area contributed by atoms with Crippen LogP contribution in [-0.4, -0.2) is 21.9 Å². The molecule has 0 spiro atoms. The Morgan fingerprint density at radius 3 is 2.60 bits per heavy atom. The number of aryl methyl sites for hydroxylation is 1. The van der Waals surface area contributed by atoms with E-state index in [-0.39, 0.29) is 5.69 Å². The van der Waals surface area contributed by atoms with Crippen LogP contribution in [0.15, 0.2) is 12.4 Å². The first-order valence-electron chi connectivity index (χ1n) is 4.27. The van der Waals surface area contributed by atoms with E-state index in [0.717, 1.165) is 0 Å². The minimum Gasteiger partial charge on any atom is -0.292 e. The number of ketones is 1. The van der Waals surface area contributed by atoms with Crippen LogP contribution in [-0.2, 0) is 0 Å². The molecule has 0 aliphatic rings. The van der Waals surface area contributed by atoms with Gasteiger partial charge in [0.2, 0.25) is 0 Å². The zero-order valence-electron chi connectivity index (χ0n) is 8.01. The molecule has 0 aliphatic heterocycles. The lowest BCUT2D eigenvalue weighted by molar-refractivity contribution is -0.133. The summed E-state index contributed by atoms with van der Waals surface area (Å²) in [5.74, 6) is -0.636. The Labute approximate surface area is 84.4 Å². The molecule has 1 aromatic rings. The minimum atomic E-state index is -4.31. The molecule has 0 atom stereocenters. The predicted octanol–water partition coefficient (Wildman–Crippen LogP) is 2.31. The molecule has 0 bridgehead atoms. The van der Waals surface area contributed by atoms with Crippen molar-refractivity contribution in [1.29, 1.82) is 0 Å². The van der Waals surface area contributed by atoms with Crippen LogP contribution in [0.3, 0.4) is 0 Å². The summed E-state index contributed by atoms with van der Waals surface area (Å²) in [5.41, 5.74) is 0.493. The van der Waals surface area contributed by atoms with Crippen molar-refractivity contribution in [2.45, 2.75) is 25.9 Å². The molecule has 0 amide bonds. The van der Waals surface area contributed by atoms with Crippen molar-refractivity contribution in [3.63, 3.8) is 0 Å². The Kier molecular flexibility index (Phi) is 3.39. The molecule has 0 radical (unpaired) electrons. The van der Waals surface area contributed by atoms with Gasteiger partial charge >= 0.3 is 6.18 Å². The molecule has 15 heavy (non-hydrogen) atoms. The highest BCUT2D eigenvalue weighted by Gasteiger charge is 2.28. The van der Waals surface area contributed by atoms with Crippen LogP contribution in [0.25, 0.3) is 0 Å². The van der Waals surface area contributed by atoms with Gasteiger partial charge in [0, 0.05) is 12.6 Å². The van der Waals surface area contributed by atoms with Gasteiger partial charge in [-0.05, 0) is 6.92 Å². The largest absolute Gasteiger partial charge is 0.389 e. The molecule has 0 fully saturated rings. The zero-order chi connectivity index (χ0) is 11.5. The normalized spacial score (nSPS) is 11.5. The average Bonchev–Trinajstić information content (AvgIpc) is 2.13. The second-order valence-corrected chi connectivity index (χ2v) is 3.08. The summed E-state index contributed by atoms with van der Waals surface area (Å²) >= 11 is 0. The Balaban J connectivity index is 2.62. The number of carbonyl (C=O) groups is 1. The molecule has 0 N–H and O–H groups in total. The van der Waals surface area contributed by atoms with E-state index in [0.29, 0.717) is 5.69 Å². The highest BCUT2D eigenvalue weighted by Crippen LogP contribution is 2.22. The number of aromatic nitrogens is 2. The van der Waals surface area contributed by atoms with Gasteiger partial charge in [-0.2, -0.15) is 13.2 Å². The van der Waals surface area contributed by atoms with Crippen molar-refractivity contribution < 1.29 is 18.0 Å². The number of rotatable bonds is 3. The fourth-order valence-electron chi connectivity index (χ4n) is 0.981. The molecular formula is C9H9F3N2O. The molecule has 82 valence electrons. The van der Waals surface area contributed by atoms with Crippen LogP contribution in [0.5, 0.6) is 0 Å². The summed E-state index contributed by atoms with van der Waals surface area (Å²) < 4.78 is 35.5. The molecule has 1 aromatic heterocycles. The van der Waals surface area contributed by atoms with Crippen LogP contribution in [0.4, 0.5) is 13.2 Å². The summed E-state index contributed by atoms with van der Waals surface area (Å²) in [5, 5.41) is 0. The van der Waals surface area contributed by atoms with Crippen molar-refractivity contribution in [1.82, 2.24) is 9.97 Å². The average molecular weight is 218 g/mol. The first kappa shape index (κ1) is 11.6. The van der Waals surface area contributed by atoms with E-state index in [1.54, 1.807) is 6.92 Å². The summed E-state index contributed by atoms with van der Waals surface area (Å²) in [6, 6.07) is 0. The van der Waals surface area contributed by atoms with Gasteiger partial charge in [-0.25, -0.2) is 4.98 Å². The number of alkyl halides is 3. The minimum absolute atomic E-state index is 0.0146. The third kappa shape index (κ3) is 4.05. The second kappa shape index (κ2) is 4.37. The van der Waals surface area contributed by atoms with Gasteiger partial charge in [-0.1, -0.05) is 0 Å². The first-order chi connectivity index (χ1) is 6.88. The first-order valence-corrected chi connectivity index (χ1v) is 4.27. The maximum atomic E-state index is 11.8. The SMILES string of the molecule is Cc1cncc(C(=O)CCC(F)(F)F)n1. The van der Waals surface area contributed by atoms with Crippen LogP contribution < -0.4 is 0 Å². The van der Waals surface area contributed by atoms with Gasteiger partial charge in [0.05, 0.1) is 18.3 Å². The Hall–Kier alpha value is -1.46. The lowest BCUT2D eigenvalue weighted by atomic mass is 10.1. The fraction of sp³-hybridized carbons (Fsp3) is 0.444. The van der Waals surface area contributed by atoms with E-state index in [4.69, 9.17) is 0 Å². The maximum Gasteiger partial charge on any atom is 0.389 e. The van der Waals surface area contributed by atoms with Crippen molar-refractivity contribution in [3.05, 3.63) is 23.8 Å². The molecule has 1 rings (SSSR count). The van der Waals surface area contributed by atoms with Gasteiger partial charge in [0.25, 0.3) is 0 Å². The third-order valence-corrected chi connectivity index (χ3v) is 1.68. The van der Waals surface area contributed by atoms with Crippen molar-refractivity contribution in [2.24, 2.45) is 0 Å². The van der Waals surface area contributed by atoms with Gasteiger partial charge in [-0.15, -0.1) is 0 Å². The predicted molar refractivity (Wildman–Crippen MR) is 46.4 cm³/mol. The maximum absolute atomic E-state index is 11.8. The monoisotopic (exact) mass is 218 g/mol. The van der Waals surface area contributed by atoms with Crippen LogP contribution in [0, 0.1) is 6.92 Å². The van der Waals surface area contributed by atoms with Crippen LogP contribution in [0.1, 0.15) is 29.0 Å². The topological polar surface area (TPSA) is 42.9 Å². The molecule has 0 saturated carbocycles. The summed E-state index contributed by atoms with van der Waals surface area (Å²) in [6.45, 7) is 1.62. The van der Waals surface area contributed by atoms with E-state index in [1.807, 2.05) is 0 Å². The third-order valence-electron chi connectivity index (χ3n) is 1.68. The van der Waals surface area contributed by atoms with Crippen LogP contribution in [0.2, 0.25) is 0 Å². The second-order valence-electron chi connectivity index (χ2n) is 3.08. The Morgan fingerprint density at radius 2 is 2.07 bits per heavy atom. The van der Waals surface area contributed by atoms with Crippen LogP contribution >= 0.6 is 0 Å². The summed E-state index contributed by atoms with van der Waals surface area (Å²) in [6.07, 6.45) is -3.41. The highest BCUT2D eigenvalue weighted by atomic mass is 19.4. The fourth-order valence-corrected chi connectivity index (χ4v) is 0.981. The van der Waals surface area contributed by atoms with Gasteiger partial charge in [0.15, 0.2) is 5.78 Å². The number of hydrogen-bond acceptors (Lipinski definition) is 3. The van der Waals surface area contributed by atoms with Crippen molar-refractivity contribution in [2.75, 3.05) is 0 Å². The smallest absolute Gasteiger partial charge is 0.292 e. The lowest BCUT2D eigenvalue weighted by Crippen LogP contribution is -2.12. The lowest BCUT2D eigenvalue weighted by Gasteiger charge is -2.04. The number of carbonyl (C=O) groups excluding carboxylic acids is 1. The molecular weight excluding hydrogens is 209 g/mol. The molecule has 0 aliphatic carbocycles. The van der Waals surface area contributed by atoms with E-state index < -0.39 is 24.8 Å². The molecule has 6 heteroatoms. The van der Waals surface area contributed by atoms with Gasteiger partial charge < -0.3 is 0 Å². The summed E-state index contributed by atoms with van der Waals surface area (Å²) in [7, 11) is 0. The number of halogens is 3. The molecule has 0 aromatic carbocycles. The quantitative estimate of drug-likeness (QED) is 0.731.